The predicted molar refractivity (Wildman–Crippen MR) is 54.5 cm³/mol. The summed E-state index contributed by atoms with van der Waals surface area (Å²) in [6.07, 6.45) is 1.90. The average Bonchev–Trinajstić information content (AvgIpc) is 2.18. The molecule has 1 atom stereocenters. The Morgan fingerprint density at radius 3 is 2.67 bits per heavy atom. The number of carbonyl (C=O) groups excluding carboxylic acids is 1. The summed E-state index contributed by atoms with van der Waals surface area (Å²) in [5.74, 6) is -1.34. The molecule has 0 aliphatic rings. The van der Waals surface area contributed by atoms with Crippen molar-refractivity contribution in [2.24, 2.45) is 0 Å². The largest absolute Gasteiger partial charge is 0.481 e. The Bertz CT molecular complexity index is 348. The third-order valence-electron chi connectivity index (χ3n) is 2.18. The van der Waals surface area contributed by atoms with Crippen molar-refractivity contribution in [2.45, 2.75) is 25.7 Å². The zero-order valence-electron chi connectivity index (χ0n) is 8.51. The number of Topliss-reactive ketones (excluding diaryl/α,β-unsaturated/α-hetero) is 1. The van der Waals surface area contributed by atoms with Gasteiger partial charge in [0.1, 0.15) is 5.78 Å². The number of hydrogen-bond donors (Lipinski definition) is 1. The van der Waals surface area contributed by atoms with E-state index in [-0.39, 0.29) is 12.2 Å². The zero-order chi connectivity index (χ0) is 11.3. The summed E-state index contributed by atoms with van der Waals surface area (Å²) in [7, 11) is 0. The number of hydrogen-bond acceptors (Lipinski definition) is 3. The number of nitrogens with zero attached hydrogens (tertiary/aromatic N) is 1. The van der Waals surface area contributed by atoms with Gasteiger partial charge in [-0.3, -0.25) is 14.6 Å². The Balaban J connectivity index is 2.75. The van der Waals surface area contributed by atoms with E-state index < -0.39 is 11.9 Å². The van der Waals surface area contributed by atoms with E-state index in [4.69, 9.17) is 5.11 Å². The highest BCUT2D eigenvalue weighted by molar-refractivity contribution is 5.83. The zero-order valence-corrected chi connectivity index (χ0v) is 8.51. The number of ketones is 1. The molecule has 0 aliphatic heterocycles. The van der Waals surface area contributed by atoms with Crippen LogP contribution in [0.2, 0.25) is 0 Å². The number of aliphatic carboxylic acids is 1. The normalized spacial score (nSPS) is 12.1. The summed E-state index contributed by atoms with van der Waals surface area (Å²) in [6.45, 7) is 1.46. The molecule has 0 saturated carbocycles. The van der Waals surface area contributed by atoms with Gasteiger partial charge >= 0.3 is 5.97 Å². The number of rotatable bonds is 5. The van der Waals surface area contributed by atoms with Crippen LogP contribution in [0.25, 0.3) is 0 Å². The molecule has 0 aliphatic carbocycles. The van der Waals surface area contributed by atoms with Crippen molar-refractivity contribution in [3.05, 3.63) is 30.1 Å². The number of carboxylic acids is 1. The predicted octanol–water partition coefficient (Wildman–Crippen LogP) is 1.62. The molecule has 0 aromatic carbocycles. The van der Waals surface area contributed by atoms with Crippen LogP contribution in [0.3, 0.4) is 0 Å². The van der Waals surface area contributed by atoms with Crippen LogP contribution >= 0.6 is 0 Å². The molecular weight excluding hydrogens is 194 g/mol. The van der Waals surface area contributed by atoms with Crippen molar-refractivity contribution >= 4 is 11.8 Å². The Hall–Kier alpha value is -1.71. The third kappa shape index (κ3) is 3.50. The van der Waals surface area contributed by atoms with Crippen LogP contribution in [-0.2, 0) is 9.59 Å². The van der Waals surface area contributed by atoms with Gasteiger partial charge in [0, 0.05) is 12.6 Å². The van der Waals surface area contributed by atoms with Crippen LogP contribution in [0.15, 0.2) is 24.4 Å². The quantitative estimate of drug-likeness (QED) is 0.796. The van der Waals surface area contributed by atoms with E-state index in [1.807, 2.05) is 0 Å². The summed E-state index contributed by atoms with van der Waals surface area (Å²) in [4.78, 5) is 25.8. The van der Waals surface area contributed by atoms with Crippen molar-refractivity contribution in [2.75, 3.05) is 0 Å². The van der Waals surface area contributed by atoms with Gasteiger partial charge in [0.15, 0.2) is 0 Å². The maximum absolute atomic E-state index is 11.3. The fourth-order valence-corrected chi connectivity index (χ4v) is 1.41. The lowest BCUT2D eigenvalue weighted by molar-refractivity contribution is -0.137. The standard InChI is InChI=1S/C11H13NO3/c1-8(13)9(5-6-11(14)15)10-4-2-3-7-12-10/h2-4,7,9H,5-6H2,1H3,(H,14,15). The summed E-state index contributed by atoms with van der Waals surface area (Å²) < 4.78 is 0. The first kappa shape index (κ1) is 11.4. The molecule has 4 nitrogen and oxygen atoms in total. The molecule has 4 heteroatoms. The summed E-state index contributed by atoms with van der Waals surface area (Å²) in [5, 5.41) is 8.56. The van der Waals surface area contributed by atoms with E-state index in [0.717, 1.165) is 0 Å². The lowest BCUT2D eigenvalue weighted by Gasteiger charge is -2.11. The van der Waals surface area contributed by atoms with Gasteiger partial charge in [0.05, 0.1) is 11.6 Å². The van der Waals surface area contributed by atoms with Gasteiger partial charge in [-0.1, -0.05) is 6.07 Å². The monoisotopic (exact) mass is 207 g/mol. The Morgan fingerprint density at radius 2 is 2.20 bits per heavy atom. The average molecular weight is 207 g/mol. The molecule has 1 heterocycles. The number of pyridine rings is 1. The molecular formula is C11H13NO3. The minimum atomic E-state index is -0.891. The summed E-state index contributed by atoms with van der Waals surface area (Å²) in [6, 6.07) is 5.30. The van der Waals surface area contributed by atoms with Gasteiger partial charge in [-0.2, -0.15) is 0 Å². The second kappa shape index (κ2) is 5.24. The van der Waals surface area contributed by atoms with Crippen LogP contribution in [0.4, 0.5) is 0 Å². The van der Waals surface area contributed by atoms with Gasteiger partial charge in [-0.05, 0) is 25.5 Å². The molecule has 0 amide bonds. The highest BCUT2D eigenvalue weighted by Crippen LogP contribution is 2.19. The summed E-state index contributed by atoms with van der Waals surface area (Å²) >= 11 is 0. The van der Waals surface area contributed by atoms with Crippen molar-refractivity contribution in [3.63, 3.8) is 0 Å². The van der Waals surface area contributed by atoms with E-state index in [2.05, 4.69) is 4.98 Å². The van der Waals surface area contributed by atoms with E-state index in [9.17, 15) is 9.59 Å². The van der Waals surface area contributed by atoms with Crippen molar-refractivity contribution < 1.29 is 14.7 Å². The third-order valence-corrected chi connectivity index (χ3v) is 2.18. The fourth-order valence-electron chi connectivity index (χ4n) is 1.41. The molecule has 0 saturated heterocycles. The highest BCUT2D eigenvalue weighted by Gasteiger charge is 2.18. The van der Waals surface area contributed by atoms with Crippen LogP contribution < -0.4 is 0 Å². The Morgan fingerprint density at radius 1 is 1.47 bits per heavy atom. The lowest BCUT2D eigenvalue weighted by atomic mass is 9.95. The van der Waals surface area contributed by atoms with Crippen LogP contribution in [0.1, 0.15) is 31.4 Å². The van der Waals surface area contributed by atoms with Gasteiger partial charge in [0.25, 0.3) is 0 Å². The number of carboxylic acid groups (broad SMARTS) is 1. The van der Waals surface area contributed by atoms with Gasteiger partial charge < -0.3 is 5.11 Å². The molecule has 0 fully saturated rings. The molecule has 1 rings (SSSR count). The SMILES string of the molecule is CC(=O)C(CCC(=O)O)c1ccccn1. The van der Waals surface area contributed by atoms with Gasteiger partial charge in [-0.15, -0.1) is 0 Å². The Labute approximate surface area is 88.0 Å². The van der Waals surface area contributed by atoms with E-state index in [1.54, 1.807) is 24.4 Å². The number of aromatic nitrogens is 1. The van der Waals surface area contributed by atoms with Crippen LogP contribution in [0.5, 0.6) is 0 Å². The van der Waals surface area contributed by atoms with E-state index in [0.29, 0.717) is 12.1 Å². The van der Waals surface area contributed by atoms with Crippen LogP contribution in [0, 0.1) is 0 Å². The smallest absolute Gasteiger partial charge is 0.303 e. The van der Waals surface area contributed by atoms with E-state index in [1.165, 1.54) is 6.92 Å². The minimum Gasteiger partial charge on any atom is -0.481 e. The molecule has 0 bridgehead atoms. The first-order valence-corrected chi connectivity index (χ1v) is 4.74. The lowest BCUT2D eigenvalue weighted by Crippen LogP contribution is -2.12. The maximum Gasteiger partial charge on any atom is 0.303 e. The molecule has 0 radical (unpaired) electrons. The van der Waals surface area contributed by atoms with Crippen molar-refractivity contribution in [1.82, 2.24) is 4.98 Å². The molecule has 80 valence electrons. The maximum atomic E-state index is 11.3. The van der Waals surface area contributed by atoms with Gasteiger partial charge in [-0.25, -0.2) is 0 Å². The Kier molecular flexibility index (Phi) is 3.97. The molecule has 1 N–H and O–H groups in total. The van der Waals surface area contributed by atoms with Crippen LogP contribution in [-0.4, -0.2) is 21.8 Å². The molecule has 15 heavy (non-hydrogen) atoms. The molecule has 0 spiro atoms. The first-order chi connectivity index (χ1) is 7.11. The van der Waals surface area contributed by atoms with Gasteiger partial charge in [0.2, 0.25) is 0 Å². The first-order valence-electron chi connectivity index (χ1n) is 4.74. The molecule has 1 unspecified atom stereocenters. The minimum absolute atomic E-state index is 0.0131. The number of carbonyl (C=O) groups is 2. The highest BCUT2D eigenvalue weighted by atomic mass is 16.4. The van der Waals surface area contributed by atoms with Crippen molar-refractivity contribution in [3.8, 4) is 0 Å². The molecule has 1 aromatic rings. The fraction of sp³-hybridized carbons (Fsp3) is 0.364. The van der Waals surface area contributed by atoms with Crippen molar-refractivity contribution in [1.29, 1.82) is 0 Å². The second-order valence-electron chi connectivity index (χ2n) is 3.35. The molecule has 1 aromatic heterocycles. The second-order valence-corrected chi connectivity index (χ2v) is 3.35. The van der Waals surface area contributed by atoms with E-state index >= 15 is 0 Å². The topological polar surface area (TPSA) is 67.3 Å². The summed E-state index contributed by atoms with van der Waals surface area (Å²) in [5.41, 5.74) is 0.645.